The molecule has 1 heterocycles. The predicted octanol–water partition coefficient (Wildman–Crippen LogP) is 5.87. The number of benzene rings is 3. The zero-order valence-corrected chi connectivity index (χ0v) is 19.9. The Balaban J connectivity index is 1.25. The number of fused-ring (bicyclic) bond motifs is 2. The van der Waals surface area contributed by atoms with Crippen molar-refractivity contribution in [1.82, 2.24) is 9.80 Å². The molecule has 3 nitrogen and oxygen atoms in total. The number of hydrogen-bond donors (Lipinski definition) is 0. The van der Waals surface area contributed by atoms with Gasteiger partial charge in [0.2, 0.25) is 0 Å². The number of piperazine rings is 1. The highest BCUT2D eigenvalue weighted by molar-refractivity contribution is 5.44. The van der Waals surface area contributed by atoms with Crippen molar-refractivity contribution >= 4 is 0 Å². The number of rotatable bonds is 7. The average Bonchev–Trinajstić information content (AvgIpc) is 3.03. The quantitative estimate of drug-likeness (QED) is 0.427. The van der Waals surface area contributed by atoms with Crippen molar-refractivity contribution < 1.29 is 4.74 Å². The Morgan fingerprint density at radius 1 is 0.758 bits per heavy atom. The molecule has 3 aromatic rings. The van der Waals surface area contributed by atoms with Crippen LogP contribution >= 0.6 is 0 Å². The average molecular weight is 441 g/mol. The van der Waals surface area contributed by atoms with Crippen LogP contribution in [-0.4, -0.2) is 42.6 Å². The van der Waals surface area contributed by atoms with Crippen molar-refractivity contribution in [3.05, 3.63) is 101 Å². The van der Waals surface area contributed by atoms with Gasteiger partial charge in [0.1, 0.15) is 5.75 Å². The smallest absolute Gasteiger partial charge is 0.119 e. The first kappa shape index (κ1) is 22.2. The van der Waals surface area contributed by atoms with Gasteiger partial charge in [-0.1, -0.05) is 74.0 Å². The van der Waals surface area contributed by atoms with E-state index in [0.29, 0.717) is 6.04 Å². The summed E-state index contributed by atoms with van der Waals surface area (Å²) in [5, 5.41) is 0. The Labute approximate surface area is 199 Å². The van der Waals surface area contributed by atoms with Crippen molar-refractivity contribution in [2.75, 3.05) is 32.8 Å². The first-order chi connectivity index (χ1) is 16.3. The van der Waals surface area contributed by atoms with Crippen LogP contribution in [0.5, 0.6) is 5.75 Å². The zero-order chi connectivity index (χ0) is 22.5. The summed E-state index contributed by atoms with van der Waals surface area (Å²) >= 11 is 0. The summed E-state index contributed by atoms with van der Waals surface area (Å²) in [5.41, 5.74) is 7.42. The van der Waals surface area contributed by atoms with Gasteiger partial charge in [0.15, 0.2) is 0 Å². The molecule has 3 heteroatoms. The van der Waals surface area contributed by atoms with Gasteiger partial charge < -0.3 is 4.74 Å². The second kappa shape index (κ2) is 10.5. The summed E-state index contributed by atoms with van der Waals surface area (Å²) < 4.78 is 5.82. The van der Waals surface area contributed by atoms with Gasteiger partial charge in [0.05, 0.1) is 12.6 Å². The van der Waals surface area contributed by atoms with Crippen LogP contribution in [0.4, 0.5) is 0 Å². The van der Waals surface area contributed by atoms with Gasteiger partial charge >= 0.3 is 0 Å². The van der Waals surface area contributed by atoms with Gasteiger partial charge in [-0.05, 0) is 59.2 Å². The molecule has 0 bridgehead atoms. The maximum absolute atomic E-state index is 5.82. The van der Waals surface area contributed by atoms with E-state index in [4.69, 9.17) is 4.74 Å². The van der Waals surface area contributed by atoms with Crippen molar-refractivity contribution in [3.63, 3.8) is 0 Å². The lowest BCUT2D eigenvalue weighted by Gasteiger charge is -2.40. The van der Waals surface area contributed by atoms with Crippen LogP contribution in [-0.2, 0) is 19.4 Å². The molecular formula is C30H36N2O. The van der Waals surface area contributed by atoms with Crippen LogP contribution in [0.15, 0.2) is 72.8 Å². The van der Waals surface area contributed by atoms with E-state index in [1.54, 1.807) is 0 Å². The molecule has 0 aromatic heterocycles. The van der Waals surface area contributed by atoms with E-state index in [2.05, 4.69) is 89.5 Å². The molecule has 0 spiro atoms. The van der Waals surface area contributed by atoms with E-state index in [1.165, 1.54) is 34.2 Å². The molecule has 0 N–H and O–H groups in total. The highest BCUT2D eigenvalue weighted by Crippen LogP contribution is 2.37. The predicted molar refractivity (Wildman–Crippen MR) is 136 cm³/mol. The molecule has 0 unspecified atom stereocenters. The molecule has 0 saturated carbocycles. The van der Waals surface area contributed by atoms with E-state index in [1.807, 2.05) is 0 Å². The number of hydrogen-bond acceptors (Lipinski definition) is 3. The summed E-state index contributed by atoms with van der Waals surface area (Å²) in [6.07, 6.45) is 4.56. The highest BCUT2D eigenvalue weighted by Gasteiger charge is 2.30. The minimum Gasteiger partial charge on any atom is -0.494 e. The summed E-state index contributed by atoms with van der Waals surface area (Å²) in [5.74, 6) is 0.989. The summed E-state index contributed by atoms with van der Waals surface area (Å²) in [4.78, 5) is 5.31. The van der Waals surface area contributed by atoms with E-state index in [-0.39, 0.29) is 0 Å². The van der Waals surface area contributed by atoms with Gasteiger partial charge in [-0.2, -0.15) is 0 Å². The fourth-order valence-electron chi connectivity index (χ4n) is 5.35. The van der Waals surface area contributed by atoms with Gasteiger partial charge in [0.25, 0.3) is 0 Å². The van der Waals surface area contributed by atoms with Gasteiger partial charge in [-0.25, -0.2) is 0 Å². The molecule has 1 aliphatic heterocycles. The Hall–Kier alpha value is -2.62. The number of aryl methyl sites for hydroxylation is 2. The third-order valence-electron chi connectivity index (χ3n) is 7.23. The fraction of sp³-hybridized carbons (Fsp3) is 0.400. The van der Waals surface area contributed by atoms with Crippen molar-refractivity contribution in [2.24, 2.45) is 0 Å². The summed E-state index contributed by atoms with van der Waals surface area (Å²) in [6, 6.07) is 27.3. The minimum absolute atomic E-state index is 0.376. The normalized spacial score (nSPS) is 17.2. The first-order valence-corrected chi connectivity index (χ1v) is 12.7. The molecule has 172 valence electrons. The standard InChI is InChI=1S/C30H36N2O/c1-2-3-22-33-27-16-12-24(13-17-27)23-31-18-20-32(21-19-31)30-28-10-6-4-8-25(28)14-15-26-9-5-7-11-29(26)30/h4-13,16-17,30H,2-3,14-15,18-23H2,1H3. The Kier molecular flexibility index (Phi) is 7.09. The summed E-state index contributed by atoms with van der Waals surface area (Å²) in [7, 11) is 0. The Bertz CT molecular complexity index is 990. The van der Waals surface area contributed by atoms with Crippen LogP contribution in [0.1, 0.15) is 53.6 Å². The molecule has 2 aliphatic rings. The van der Waals surface area contributed by atoms with Crippen molar-refractivity contribution in [1.29, 1.82) is 0 Å². The zero-order valence-electron chi connectivity index (χ0n) is 19.9. The molecule has 0 amide bonds. The minimum atomic E-state index is 0.376. The molecule has 1 fully saturated rings. The monoisotopic (exact) mass is 440 g/mol. The Morgan fingerprint density at radius 2 is 1.36 bits per heavy atom. The molecule has 1 aliphatic carbocycles. The number of nitrogens with zero attached hydrogens (tertiary/aromatic N) is 2. The lowest BCUT2D eigenvalue weighted by atomic mass is 9.92. The molecule has 5 rings (SSSR count). The molecule has 0 radical (unpaired) electrons. The molecular weight excluding hydrogens is 404 g/mol. The van der Waals surface area contributed by atoms with E-state index < -0.39 is 0 Å². The van der Waals surface area contributed by atoms with E-state index >= 15 is 0 Å². The lowest BCUT2D eigenvalue weighted by molar-refractivity contribution is 0.104. The highest BCUT2D eigenvalue weighted by atomic mass is 16.5. The SMILES string of the molecule is CCCCOc1ccc(CN2CCN(C3c4ccccc4CCc4ccccc43)CC2)cc1. The maximum atomic E-state index is 5.82. The van der Waals surface area contributed by atoms with Crippen LogP contribution in [0.25, 0.3) is 0 Å². The van der Waals surface area contributed by atoms with Crippen LogP contribution < -0.4 is 4.74 Å². The molecule has 1 saturated heterocycles. The lowest BCUT2D eigenvalue weighted by Crippen LogP contribution is -2.47. The van der Waals surface area contributed by atoms with Gasteiger partial charge in [-0.15, -0.1) is 0 Å². The van der Waals surface area contributed by atoms with Crippen LogP contribution in [0, 0.1) is 0 Å². The molecule has 3 aromatic carbocycles. The third kappa shape index (κ3) is 5.15. The van der Waals surface area contributed by atoms with Crippen LogP contribution in [0.3, 0.4) is 0 Å². The van der Waals surface area contributed by atoms with Crippen molar-refractivity contribution in [2.45, 2.75) is 45.2 Å². The van der Waals surface area contributed by atoms with Gasteiger partial charge in [-0.3, -0.25) is 9.80 Å². The van der Waals surface area contributed by atoms with Crippen LogP contribution in [0.2, 0.25) is 0 Å². The largest absolute Gasteiger partial charge is 0.494 e. The second-order valence-electron chi connectivity index (χ2n) is 9.46. The van der Waals surface area contributed by atoms with Gasteiger partial charge in [0, 0.05) is 32.7 Å². The van der Waals surface area contributed by atoms with E-state index in [9.17, 15) is 0 Å². The van der Waals surface area contributed by atoms with E-state index in [0.717, 1.165) is 64.3 Å². The first-order valence-electron chi connectivity index (χ1n) is 12.7. The third-order valence-corrected chi connectivity index (χ3v) is 7.23. The summed E-state index contributed by atoms with van der Waals surface area (Å²) in [6.45, 7) is 8.44. The number of ether oxygens (including phenoxy) is 1. The van der Waals surface area contributed by atoms with Crippen molar-refractivity contribution in [3.8, 4) is 5.75 Å². The molecule has 0 atom stereocenters. The fourth-order valence-corrected chi connectivity index (χ4v) is 5.35. The molecule has 33 heavy (non-hydrogen) atoms. The second-order valence-corrected chi connectivity index (χ2v) is 9.46. The number of unbranched alkanes of at least 4 members (excludes halogenated alkanes) is 1. The maximum Gasteiger partial charge on any atom is 0.119 e. The Morgan fingerprint density at radius 3 is 1.97 bits per heavy atom. The topological polar surface area (TPSA) is 15.7 Å².